The number of carboxylic acid groups (broad SMARTS) is 1. The molecule has 1 aliphatic carbocycles. The monoisotopic (exact) mass is 494 g/mol. The third-order valence-corrected chi connectivity index (χ3v) is 7.86. The molecule has 1 aromatic heterocycles. The van der Waals surface area contributed by atoms with Gasteiger partial charge < -0.3 is 10.1 Å². The average molecular weight is 495 g/mol. The summed E-state index contributed by atoms with van der Waals surface area (Å²) >= 11 is 12.3. The zero-order valence-corrected chi connectivity index (χ0v) is 19.1. The first-order chi connectivity index (χ1) is 15.2. The van der Waals surface area contributed by atoms with Gasteiger partial charge in [-0.25, -0.2) is 17.9 Å². The normalized spacial score (nSPS) is 15.2. The second-order valence-corrected chi connectivity index (χ2v) is 10.3. The molecule has 0 saturated heterocycles. The van der Waals surface area contributed by atoms with Crippen LogP contribution in [0.25, 0.3) is 22.2 Å². The predicted octanol–water partition coefficient (Wildman–Crippen LogP) is 5.02. The number of aromatic nitrogens is 1. The maximum Gasteiger partial charge on any atom is 0.377 e. The molecular formula is C22H20Cl2N2O5S. The second kappa shape index (κ2) is 8.86. The van der Waals surface area contributed by atoms with Gasteiger partial charge >= 0.3 is 5.97 Å². The number of Topliss-reactive ketones (excluding diaryl/α,β-unsaturated/α-hetero) is 1. The summed E-state index contributed by atoms with van der Waals surface area (Å²) in [5.41, 5.74) is 0.877. The van der Waals surface area contributed by atoms with Crippen molar-refractivity contribution < 1.29 is 23.1 Å². The number of hydrogen-bond acceptors (Lipinski definition) is 4. The van der Waals surface area contributed by atoms with Crippen molar-refractivity contribution in [3.8, 4) is 11.3 Å². The van der Waals surface area contributed by atoms with Crippen molar-refractivity contribution in [1.82, 2.24) is 9.71 Å². The molecule has 1 aliphatic rings. The number of carbonyl (C=O) groups is 2. The number of nitrogens with one attached hydrogen (secondary N) is 2. The summed E-state index contributed by atoms with van der Waals surface area (Å²) in [6.07, 6.45) is 4.52. The molecule has 168 valence electrons. The number of fused-ring (bicyclic) bond motifs is 1. The molecule has 3 N–H and O–H groups in total. The zero-order chi connectivity index (χ0) is 23.0. The van der Waals surface area contributed by atoms with Crippen LogP contribution in [0.2, 0.25) is 10.0 Å². The first kappa shape index (κ1) is 22.8. The van der Waals surface area contributed by atoms with E-state index in [1.807, 2.05) is 0 Å². The zero-order valence-electron chi connectivity index (χ0n) is 16.8. The Balaban J connectivity index is 1.83. The molecule has 3 aromatic rings. The minimum Gasteiger partial charge on any atom is -0.475 e. The summed E-state index contributed by atoms with van der Waals surface area (Å²) in [4.78, 5) is 26.9. The topological polar surface area (TPSA) is 116 Å². The Labute approximate surface area is 194 Å². The summed E-state index contributed by atoms with van der Waals surface area (Å²) in [5.74, 6) is -2.74. The van der Waals surface area contributed by atoms with Crippen LogP contribution >= 0.6 is 23.2 Å². The van der Waals surface area contributed by atoms with Gasteiger partial charge in [0.25, 0.3) is 5.78 Å². The number of aliphatic carboxylic acids is 1. The van der Waals surface area contributed by atoms with E-state index in [1.165, 1.54) is 18.2 Å². The van der Waals surface area contributed by atoms with Gasteiger partial charge in [0.2, 0.25) is 10.0 Å². The van der Waals surface area contributed by atoms with Crippen LogP contribution in [0.3, 0.4) is 0 Å². The fraction of sp³-hybridized carbons (Fsp3) is 0.273. The van der Waals surface area contributed by atoms with Crippen molar-refractivity contribution in [2.24, 2.45) is 0 Å². The average Bonchev–Trinajstić information content (AvgIpc) is 3.12. The quantitative estimate of drug-likeness (QED) is 0.328. The highest BCUT2D eigenvalue weighted by molar-refractivity contribution is 7.89. The number of H-pyrrole nitrogens is 1. The third kappa shape index (κ3) is 4.41. The Morgan fingerprint density at radius 1 is 1.03 bits per heavy atom. The van der Waals surface area contributed by atoms with Crippen LogP contribution in [0.4, 0.5) is 0 Å². The number of aromatic amines is 1. The molecule has 0 radical (unpaired) electrons. The Morgan fingerprint density at radius 3 is 2.44 bits per heavy atom. The van der Waals surface area contributed by atoms with Gasteiger partial charge in [0.1, 0.15) is 4.90 Å². The largest absolute Gasteiger partial charge is 0.475 e. The van der Waals surface area contributed by atoms with Gasteiger partial charge in [0.05, 0.1) is 16.3 Å². The number of hydrogen-bond donors (Lipinski definition) is 3. The minimum absolute atomic E-state index is 0.0299. The highest BCUT2D eigenvalue weighted by atomic mass is 35.5. The number of halogens is 2. The van der Waals surface area contributed by atoms with E-state index in [0.29, 0.717) is 21.5 Å². The molecule has 0 bridgehead atoms. The molecule has 10 heteroatoms. The maximum absolute atomic E-state index is 13.1. The standard InChI is InChI=1S/C22H20Cl2N2O5S/c23-13-7-8-15-17(11-13)25-20(19(15)21(27)22(28)29)12-6-9-16(24)18(10-12)32(30,31)26-14-4-2-1-3-5-14/h6-11,14,25-26H,1-5H2,(H,28,29). The van der Waals surface area contributed by atoms with Crippen LogP contribution in [0.1, 0.15) is 42.5 Å². The molecule has 0 spiro atoms. The molecule has 7 nitrogen and oxygen atoms in total. The molecule has 4 rings (SSSR count). The molecule has 0 atom stereocenters. The first-order valence-corrected chi connectivity index (χ1v) is 12.3. The van der Waals surface area contributed by atoms with Crippen molar-refractivity contribution in [3.63, 3.8) is 0 Å². The van der Waals surface area contributed by atoms with E-state index < -0.39 is 21.8 Å². The van der Waals surface area contributed by atoms with Crippen LogP contribution in [0, 0.1) is 0 Å². The molecule has 0 unspecified atom stereocenters. The molecule has 1 saturated carbocycles. The summed E-state index contributed by atoms with van der Waals surface area (Å²) in [6, 6.07) is 8.80. The Morgan fingerprint density at radius 2 is 1.75 bits per heavy atom. The van der Waals surface area contributed by atoms with E-state index in [9.17, 15) is 23.1 Å². The number of carboxylic acids is 1. The maximum atomic E-state index is 13.1. The van der Waals surface area contributed by atoms with E-state index >= 15 is 0 Å². The third-order valence-electron chi connectivity index (χ3n) is 5.62. The summed E-state index contributed by atoms with van der Waals surface area (Å²) in [5, 5.41) is 10.1. The highest BCUT2D eigenvalue weighted by Gasteiger charge is 2.28. The second-order valence-electron chi connectivity index (χ2n) is 7.80. The van der Waals surface area contributed by atoms with Crippen molar-refractivity contribution >= 4 is 55.9 Å². The molecule has 1 heterocycles. The Hall–Kier alpha value is -2.39. The van der Waals surface area contributed by atoms with Crippen molar-refractivity contribution in [1.29, 1.82) is 0 Å². The van der Waals surface area contributed by atoms with Gasteiger partial charge in [-0.1, -0.05) is 54.6 Å². The van der Waals surface area contributed by atoms with Crippen molar-refractivity contribution in [3.05, 3.63) is 52.0 Å². The van der Waals surface area contributed by atoms with E-state index in [4.69, 9.17) is 23.2 Å². The lowest BCUT2D eigenvalue weighted by Crippen LogP contribution is -2.36. The van der Waals surface area contributed by atoms with Gasteiger partial charge in [-0.05, 0) is 37.1 Å². The fourth-order valence-electron chi connectivity index (χ4n) is 4.10. The van der Waals surface area contributed by atoms with Crippen LogP contribution in [0.15, 0.2) is 41.3 Å². The van der Waals surface area contributed by atoms with Crippen LogP contribution in [0.5, 0.6) is 0 Å². The number of carbonyl (C=O) groups excluding carboxylic acids is 1. The molecule has 0 amide bonds. The van der Waals surface area contributed by atoms with Crippen molar-refractivity contribution in [2.75, 3.05) is 0 Å². The van der Waals surface area contributed by atoms with Crippen molar-refractivity contribution in [2.45, 2.75) is 43.0 Å². The fourth-order valence-corrected chi connectivity index (χ4v) is 6.10. The van der Waals surface area contributed by atoms with E-state index in [1.54, 1.807) is 18.2 Å². The van der Waals surface area contributed by atoms with E-state index in [0.717, 1.165) is 32.1 Å². The summed E-state index contributed by atoms with van der Waals surface area (Å²) in [6.45, 7) is 0. The summed E-state index contributed by atoms with van der Waals surface area (Å²) in [7, 11) is -3.93. The lowest BCUT2D eigenvalue weighted by Gasteiger charge is -2.23. The van der Waals surface area contributed by atoms with Gasteiger partial charge in [-0.15, -0.1) is 0 Å². The molecule has 0 aliphatic heterocycles. The molecule has 1 fully saturated rings. The van der Waals surface area contributed by atoms with Gasteiger partial charge in [-0.3, -0.25) is 4.79 Å². The highest BCUT2D eigenvalue weighted by Crippen LogP contribution is 2.35. The number of rotatable bonds is 6. The van der Waals surface area contributed by atoms with Crippen LogP contribution < -0.4 is 4.72 Å². The van der Waals surface area contributed by atoms with Gasteiger partial charge in [-0.2, -0.15) is 0 Å². The molecule has 32 heavy (non-hydrogen) atoms. The Bertz CT molecular complexity index is 1330. The number of ketones is 1. The molecular weight excluding hydrogens is 475 g/mol. The molecule has 2 aromatic carbocycles. The van der Waals surface area contributed by atoms with Gasteiger partial charge in [0.15, 0.2) is 0 Å². The summed E-state index contributed by atoms with van der Waals surface area (Å²) < 4.78 is 28.8. The predicted molar refractivity (Wildman–Crippen MR) is 123 cm³/mol. The van der Waals surface area contributed by atoms with Crippen LogP contribution in [-0.4, -0.2) is 36.3 Å². The number of benzene rings is 2. The van der Waals surface area contributed by atoms with E-state index in [-0.39, 0.29) is 27.2 Å². The SMILES string of the molecule is O=C(O)C(=O)c1c(-c2ccc(Cl)c(S(=O)(=O)NC3CCCCC3)c2)[nH]c2cc(Cl)ccc12. The number of sulfonamides is 1. The lowest BCUT2D eigenvalue weighted by molar-refractivity contribution is -0.131. The lowest BCUT2D eigenvalue weighted by atomic mass is 9.96. The van der Waals surface area contributed by atoms with Crippen LogP contribution in [-0.2, 0) is 14.8 Å². The smallest absolute Gasteiger partial charge is 0.377 e. The first-order valence-electron chi connectivity index (χ1n) is 10.1. The minimum atomic E-state index is -3.93. The van der Waals surface area contributed by atoms with Gasteiger partial charge in [0, 0.05) is 27.5 Å². The Kier molecular flexibility index (Phi) is 6.31. The van der Waals surface area contributed by atoms with E-state index in [2.05, 4.69) is 9.71 Å².